The van der Waals surface area contributed by atoms with Gasteiger partial charge in [0.05, 0.1) is 29.1 Å². The molecule has 2 fully saturated rings. The summed E-state index contributed by atoms with van der Waals surface area (Å²) in [5, 5.41) is 20.4. The fourth-order valence-corrected chi connectivity index (χ4v) is 7.92. The Labute approximate surface area is 291 Å². The number of aliphatic hydroxyl groups excluding tert-OH is 1. The highest BCUT2D eigenvalue weighted by Crippen LogP contribution is 2.34. The summed E-state index contributed by atoms with van der Waals surface area (Å²) >= 11 is 0. The molecule has 0 bridgehead atoms. The van der Waals surface area contributed by atoms with Gasteiger partial charge >= 0.3 is 5.69 Å². The first kappa shape index (κ1) is 33.0. The Hall–Kier alpha value is -5.20. The van der Waals surface area contributed by atoms with Gasteiger partial charge in [0.2, 0.25) is 0 Å². The normalized spacial score (nSPS) is 19.7. The molecule has 2 aliphatic rings. The van der Waals surface area contributed by atoms with E-state index in [9.17, 15) is 28.6 Å². The molecule has 0 unspecified atom stereocenters. The van der Waals surface area contributed by atoms with Crippen LogP contribution in [0.3, 0.4) is 0 Å². The molecule has 2 aromatic carbocycles. The topological polar surface area (TPSA) is 118 Å². The standard InChI is InChI=1S/C39H38F2N6O4/c40-27-7-13-36-43-29(22-45(36)21-27)8-4-24-5-9-30(10-6-24)47-38(50)35-18-28(41)19-42-37(35)46(39(47)51)31-3-1-2-25(16-31)34-12-11-32(48)17-26(34)20-44-15-14-33(49)23-44/h1-3,7,11-13,16-19,21-22,24,30,33,48-49H,4-6,8-10,14-15,20,23H2/t24?,30?,33-/m0/s1. The molecule has 6 aromatic rings. The maximum atomic E-state index is 14.6. The minimum absolute atomic E-state index is 0.0309. The molecule has 1 atom stereocenters. The number of aromatic nitrogens is 5. The van der Waals surface area contributed by atoms with Crippen molar-refractivity contribution in [2.45, 2.75) is 63.6 Å². The molecular weight excluding hydrogens is 654 g/mol. The summed E-state index contributed by atoms with van der Waals surface area (Å²) in [6, 6.07) is 16.4. The van der Waals surface area contributed by atoms with Crippen LogP contribution in [0.25, 0.3) is 33.5 Å². The molecule has 12 heteroatoms. The van der Waals surface area contributed by atoms with Crippen LogP contribution >= 0.6 is 0 Å². The molecule has 0 amide bonds. The first-order valence-corrected chi connectivity index (χ1v) is 17.5. The average molecular weight is 693 g/mol. The molecule has 5 heterocycles. The Morgan fingerprint density at radius 3 is 2.55 bits per heavy atom. The van der Waals surface area contributed by atoms with E-state index in [1.165, 1.54) is 21.4 Å². The fraction of sp³-hybridized carbons (Fsp3) is 0.333. The molecule has 4 aromatic heterocycles. The molecule has 51 heavy (non-hydrogen) atoms. The third-order valence-corrected chi connectivity index (χ3v) is 10.5. The molecule has 1 aliphatic heterocycles. The summed E-state index contributed by atoms with van der Waals surface area (Å²) in [6.07, 6.45) is 9.07. The van der Waals surface area contributed by atoms with Crippen molar-refractivity contribution in [3.05, 3.63) is 123 Å². The highest BCUT2D eigenvalue weighted by molar-refractivity contribution is 5.77. The van der Waals surface area contributed by atoms with Gasteiger partial charge < -0.3 is 14.6 Å². The number of phenols is 1. The molecule has 0 spiro atoms. The van der Waals surface area contributed by atoms with Crippen LogP contribution in [0.5, 0.6) is 5.75 Å². The van der Waals surface area contributed by atoms with Crippen molar-refractivity contribution in [3.63, 3.8) is 0 Å². The molecule has 0 radical (unpaired) electrons. The van der Waals surface area contributed by atoms with E-state index < -0.39 is 17.1 Å². The van der Waals surface area contributed by atoms with Crippen molar-refractivity contribution in [2.24, 2.45) is 5.92 Å². The Morgan fingerprint density at radius 2 is 1.75 bits per heavy atom. The van der Waals surface area contributed by atoms with Gasteiger partial charge in [0, 0.05) is 38.1 Å². The third kappa shape index (κ3) is 6.57. The van der Waals surface area contributed by atoms with E-state index >= 15 is 0 Å². The van der Waals surface area contributed by atoms with Crippen LogP contribution in [0.1, 0.15) is 55.8 Å². The minimum Gasteiger partial charge on any atom is -0.508 e. The second kappa shape index (κ2) is 13.5. The number of β-amino-alcohol motifs (C(OH)–C–C–N with tert-alkyl or cyclic N) is 1. The zero-order valence-electron chi connectivity index (χ0n) is 28.0. The Kier molecular flexibility index (Phi) is 8.73. The fourth-order valence-electron chi connectivity index (χ4n) is 7.92. The number of likely N-dealkylation sites (tertiary alicyclic amines) is 1. The number of benzene rings is 2. The minimum atomic E-state index is -0.663. The summed E-state index contributed by atoms with van der Waals surface area (Å²) in [4.78, 5) is 39.3. The molecule has 2 N–H and O–H groups in total. The van der Waals surface area contributed by atoms with Crippen molar-refractivity contribution in [3.8, 4) is 22.6 Å². The lowest BCUT2D eigenvalue weighted by Gasteiger charge is -2.30. The second-order valence-corrected chi connectivity index (χ2v) is 13.9. The summed E-state index contributed by atoms with van der Waals surface area (Å²) in [5.41, 5.74) is 3.59. The van der Waals surface area contributed by atoms with Crippen molar-refractivity contribution in [2.75, 3.05) is 13.1 Å². The summed E-state index contributed by atoms with van der Waals surface area (Å²) < 4.78 is 32.6. The Balaban J connectivity index is 1.09. The van der Waals surface area contributed by atoms with E-state index in [1.807, 2.05) is 30.5 Å². The number of halogens is 2. The summed E-state index contributed by atoms with van der Waals surface area (Å²) in [7, 11) is 0. The van der Waals surface area contributed by atoms with Gasteiger partial charge in [-0.3, -0.25) is 14.3 Å². The number of phenolic OH excluding ortho intramolecular Hbond substituents is 1. The maximum Gasteiger partial charge on any atom is 0.337 e. The monoisotopic (exact) mass is 692 g/mol. The zero-order chi connectivity index (χ0) is 35.2. The van der Waals surface area contributed by atoms with Crippen LogP contribution in [-0.4, -0.2) is 57.8 Å². The van der Waals surface area contributed by atoms with Crippen molar-refractivity contribution in [1.29, 1.82) is 0 Å². The van der Waals surface area contributed by atoms with E-state index in [0.717, 1.165) is 66.9 Å². The number of rotatable bonds is 8. The molecule has 262 valence electrons. The van der Waals surface area contributed by atoms with Crippen LogP contribution in [0.15, 0.2) is 88.8 Å². The number of aliphatic hydroxyl groups is 1. The number of imidazole rings is 1. The zero-order valence-corrected chi connectivity index (χ0v) is 28.0. The van der Waals surface area contributed by atoms with Gasteiger partial charge in [0.15, 0.2) is 5.65 Å². The molecule has 1 aliphatic carbocycles. The Morgan fingerprint density at radius 1 is 0.902 bits per heavy atom. The molecule has 1 saturated heterocycles. The van der Waals surface area contributed by atoms with Gasteiger partial charge in [-0.25, -0.2) is 28.1 Å². The lowest BCUT2D eigenvalue weighted by atomic mass is 9.83. The quantitative estimate of drug-likeness (QED) is 0.208. The average Bonchev–Trinajstić information content (AvgIpc) is 3.73. The van der Waals surface area contributed by atoms with Gasteiger partial charge in [-0.15, -0.1) is 0 Å². The van der Waals surface area contributed by atoms with E-state index in [4.69, 9.17) is 0 Å². The predicted octanol–water partition coefficient (Wildman–Crippen LogP) is 5.78. The predicted molar refractivity (Wildman–Crippen MR) is 189 cm³/mol. The van der Waals surface area contributed by atoms with Crippen LogP contribution in [0.2, 0.25) is 0 Å². The number of hydrogen-bond acceptors (Lipinski definition) is 7. The van der Waals surface area contributed by atoms with Crippen molar-refractivity contribution < 1.29 is 19.0 Å². The second-order valence-electron chi connectivity index (χ2n) is 13.9. The van der Waals surface area contributed by atoms with Gasteiger partial charge in [-0.1, -0.05) is 18.2 Å². The lowest BCUT2D eigenvalue weighted by Crippen LogP contribution is -2.43. The van der Waals surface area contributed by atoms with Crippen LogP contribution in [-0.2, 0) is 13.0 Å². The van der Waals surface area contributed by atoms with E-state index in [-0.39, 0.29) is 34.7 Å². The highest BCUT2D eigenvalue weighted by Gasteiger charge is 2.28. The molecule has 8 rings (SSSR count). The van der Waals surface area contributed by atoms with Gasteiger partial charge in [0.25, 0.3) is 5.56 Å². The molecular formula is C39H38F2N6O4. The number of aryl methyl sites for hydroxylation is 1. The van der Waals surface area contributed by atoms with Gasteiger partial charge in [0.1, 0.15) is 23.0 Å². The number of aromatic hydroxyl groups is 1. The number of hydrogen-bond donors (Lipinski definition) is 2. The number of fused-ring (bicyclic) bond motifs is 2. The third-order valence-electron chi connectivity index (χ3n) is 10.5. The highest BCUT2D eigenvalue weighted by atomic mass is 19.1. The van der Waals surface area contributed by atoms with E-state index in [1.54, 1.807) is 28.7 Å². The smallest absolute Gasteiger partial charge is 0.337 e. The summed E-state index contributed by atoms with van der Waals surface area (Å²) in [6.45, 7) is 1.82. The first-order chi connectivity index (χ1) is 24.7. The molecule has 10 nitrogen and oxygen atoms in total. The van der Waals surface area contributed by atoms with Crippen LogP contribution in [0, 0.1) is 17.6 Å². The SMILES string of the molecule is O=c1c2cc(F)cnc2n(-c2cccc(-c3ccc(O)cc3CN3CC[C@H](O)C3)c2)c(=O)n1C1CCC(CCc2cn3cc(F)ccc3n2)CC1. The first-order valence-electron chi connectivity index (χ1n) is 17.5. The largest absolute Gasteiger partial charge is 0.508 e. The number of pyridine rings is 2. The number of nitrogens with zero attached hydrogens (tertiary/aromatic N) is 6. The van der Waals surface area contributed by atoms with Crippen LogP contribution < -0.4 is 11.2 Å². The Bertz CT molecular complexity index is 2380. The maximum absolute atomic E-state index is 14.6. The van der Waals surface area contributed by atoms with Crippen LogP contribution in [0.4, 0.5) is 8.78 Å². The van der Waals surface area contributed by atoms with Crippen molar-refractivity contribution >= 4 is 16.7 Å². The van der Waals surface area contributed by atoms with Gasteiger partial charge in [-0.05, 0) is 110 Å². The molecule has 1 saturated carbocycles. The van der Waals surface area contributed by atoms with Crippen molar-refractivity contribution in [1.82, 2.24) is 28.4 Å². The lowest BCUT2D eigenvalue weighted by molar-refractivity contribution is 0.175. The van der Waals surface area contributed by atoms with Gasteiger partial charge in [-0.2, -0.15) is 0 Å². The van der Waals surface area contributed by atoms with E-state index in [2.05, 4.69) is 14.9 Å². The van der Waals surface area contributed by atoms with E-state index in [0.29, 0.717) is 49.6 Å². The summed E-state index contributed by atoms with van der Waals surface area (Å²) in [5.74, 6) is -0.475.